The molecule has 0 aliphatic heterocycles. The van der Waals surface area contributed by atoms with Gasteiger partial charge in [0, 0.05) is 63.9 Å². The van der Waals surface area contributed by atoms with Crippen LogP contribution in [-0.4, -0.2) is 55.9 Å². The van der Waals surface area contributed by atoms with Crippen LogP contribution in [0, 0.1) is 0 Å². The van der Waals surface area contributed by atoms with Crippen LogP contribution in [0.15, 0.2) is 153 Å². The number of pyridine rings is 2. The van der Waals surface area contributed by atoms with Crippen molar-refractivity contribution in [3.8, 4) is 0 Å². The minimum absolute atomic E-state index is 0. The summed E-state index contributed by atoms with van der Waals surface area (Å²) in [7, 11) is 5.22. The van der Waals surface area contributed by atoms with Gasteiger partial charge < -0.3 is 10.6 Å². The molecule has 0 aliphatic rings. The summed E-state index contributed by atoms with van der Waals surface area (Å²) in [4.78, 5) is 36.7. The van der Waals surface area contributed by atoms with Gasteiger partial charge in [-0.2, -0.15) is 10.2 Å². The Morgan fingerprint density at radius 3 is 1.66 bits per heavy atom. The lowest BCUT2D eigenvalue weighted by molar-refractivity contribution is 0.0952. The van der Waals surface area contributed by atoms with Gasteiger partial charge in [-0.25, -0.2) is 0 Å². The molecule has 10 nitrogen and oxygen atoms in total. The van der Waals surface area contributed by atoms with Crippen LogP contribution in [0.4, 0.5) is 0 Å². The molecule has 4 heterocycles. The van der Waals surface area contributed by atoms with Crippen LogP contribution in [-0.2, 0) is 7.05 Å². The van der Waals surface area contributed by atoms with Crippen molar-refractivity contribution in [2.24, 2.45) is 7.05 Å². The first-order valence-corrected chi connectivity index (χ1v) is 19.6. The van der Waals surface area contributed by atoms with Gasteiger partial charge >= 0.3 is 0 Å². The van der Waals surface area contributed by atoms with Crippen LogP contribution >= 0.6 is 23.5 Å². The number of nitrogens with zero attached hydrogens (tertiary/aromatic N) is 5. The van der Waals surface area contributed by atoms with E-state index in [9.17, 15) is 9.59 Å². The van der Waals surface area contributed by atoms with E-state index in [0.29, 0.717) is 11.1 Å². The zero-order valence-corrected chi connectivity index (χ0v) is 33.0. The van der Waals surface area contributed by atoms with E-state index in [-0.39, 0.29) is 26.7 Å². The van der Waals surface area contributed by atoms with Crippen LogP contribution < -0.4 is 10.6 Å². The predicted molar refractivity (Wildman–Crippen MR) is 245 cm³/mol. The molecule has 0 aliphatic carbocycles. The van der Waals surface area contributed by atoms with Crippen LogP contribution in [0.1, 0.15) is 58.3 Å². The molecule has 298 valence electrons. The van der Waals surface area contributed by atoms with Crippen molar-refractivity contribution in [2.45, 2.75) is 34.4 Å². The van der Waals surface area contributed by atoms with E-state index in [1.54, 1.807) is 50.0 Å². The van der Waals surface area contributed by atoms with Gasteiger partial charge in [-0.15, -0.1) is 0 Å². The van der Waals surface area contributed by atoms with Crippen LogP contribution in [0.5, 0.6) is 0 Å². The number of amides is 2. The molecule has 4 aromatic carbocycles. The smallest absolute Gasteiger partial charge is 0.252 e. The number of aromatic amines is 1. The molecular formula is C47H46N8O2S2. The SMILES string of the molecule is C.C.CNC(=O)c1ccccc1Sc1ccc2c(/C=C/c3ccccn3)n[nH]c2c1.CNC(=O)c1ccccc1Sc1ccc2c(/C=C/c3ccccn3)nn(C)c2c1. The highest BCUT2D eigenvalue weighted by Crippen LogP contribution is 2.34. The Morgan fingerprint density at radius 1 is 0.610 bits per heavy atom. The van der Waals surface area contributed by atoms with Crippen LogP contribution in [0.3, 0.4) is 0 Å². The summed E-state index contributed by atoms with van der Waals surface area (Å²) < 4.78 is 1.88. The van der Waals surface area contributed by atoms with E-state index >= 15 is 0 Å². The minimum Gasteiger partial charge on any atom is -0.355 e. The van der Waals surface area contributed by atoms with Gasteiger partial charge in [-0.05, 0) is 109 Å². The molecule has 0 radical (unpaired) electrons. The lowest BCUT2D eigenvalue weighted by Gasteiger charge is -2.08. The summed E-state index contributed by atoms with van der Waals surface area (Å²) >= 11 is 3.13. The molecular weight excluding hydrogens is 773 g/mol. The number of benzene rings is 4. The molecule has 0 spiro atoms. The summed E-state index contributed by atoms with van der Waals surface area (Å²) in [5, 5.41) is 19.6. The molecule has 0 bridgehead atoms. The van der Waals surface area contributed by atoms with Gasteiger partial charge in [0.2, 0.25) is 0 Å². The third kappa shape index (κ3) is 10.6. The van der Waals surface area contributed by atoms with Crippen molar-refractivity contribution < 1.29 is 9.59 Å². The standard InChI is InChI=1S/C23H20N4OS.C22H18N4OS.2CH4/c1-24-23(28)19-8-3-4-9-22(19)29-17-11-12-18-20(26-27(2)21(18)15-17)13-10-16-7-5-6-14-25-16;1-23-22(27)18-7-2-3-8-21(18)28-16-10-11-17-19(25-26-20(17)14-16)12-9-15-6-4-5-13-24-15;;/h3-15H,1-2H3,(H,24,28);2-14H,1H3,(H,23,27)(H,25,26);2*1H4/b13-10+;12-9+;;. The number of aromatic nitrogens is 6. The largest absolute Gasteiger partial charge is 0.355 e. The monoisotopic (exact) mass is 818 g/mol. The number of carbonyl (C=O) groups excluding carboxylic acids is 2. The Bertz CT molecular complexity index is 2730. The Hall–Kier alpha value is -6.76. The number of hydrogen-bond acceptors (Lipinski definition) is 8. The van der Waals surface area contributed by atoms with Gasteiger partial charge in [0.25, 0.3) is 11.8 Å². The van der Waals surface area contributed by atoms with E-state index in [0.717, 1.165) is 64.2 Å². The fourth-order valence-corrected chi connectivity index (χ4v) is 7.91. The van der Waals surface area contributed by atoms with Gasteiger partial charge in [-0.3, -0.25) is 29.3 Å². The number of nitrogens with one attached hydrogen (secondary N) is 3. The van der Waals surface area contributed by atoms with Gasteiger partial charge in [0.1, 0.15) is 0 Å². The average Bonchev–Trinajstić information content (AvgIpc) is 3.81. The van der Waals surface area contributed by atoms with E-state index in [4.69, 9.17) is 0 Å². The topological polar surface area (TPSA) is 130 Å². The fraction of sp³-hybridized carbons (Fsp3) is 0.106. The molecule has 0 atom stereocenters. The first-order chi connectivity index (χ1) is 27.9. The number of aryl methyl sites for hydroxylation is 1. The van der Waals surface area contributed by atoms with Crippen LogP contribution in [0.25, 0.3) is 46.1 Å². The normalized spacial score (nSPS) is 10.8. The lowest BCUT2D eigenvalue weighted by atomic mass is 10.2. The Kier molecular flexibility index (Phi) is 15.1. The maximum atomic E-state index is 12.1. The summed E-state index contributed by atoms with van der Waals surface area (Å²) in [5.41, 5.74) is 6.86. The molecule has 59 heavy (non-hydrogen) atoms. The highest BCUT2D eigenvalue weighted by atomic mass is 32.2. The predicted octanol–water partition coefficient (Wildman–Crippen LogP) is 10.6. The van der Waals surface area contributed by atoms with Crippen molar-refractivity contribution in [2.75, 3.05) is 14.1 Å². The molecule has 2 amide bonds. The van der Waals surface area contributed by atoms with E-state index < -0.39 is 0 Å². The second-order valence-electron chi connectivity index (χ2n) is 12.5. The Balaban J connectivity index is 0.000000217. The second-order valence-corrected chi connectivity index (χ2v) is 14.8. The molecule has 0 fully saturated rings. The average molecular weight is 819 g/mol. The number of H-pyrrole nitrogens is 1. The maximum absolute atomic E-state index is 12.1. The first-order valence-electron chi connectivity index (χ1n) is 18.0. The zero-order chi connectivity index (χ0) is 39.6. The lowest BCUT2D eigenvalue weighted by Crippen LogP contribution is -2.18. The van der Waals surface area contributed by atoms with E-state index in [1.165, 1.54) is 0 Å². The molecule has 8 rings (SSSR count). The molecule has 0 unspecified atom stereocenters. The summed E-state index contributed by atoms with van der Waals surface area (Å²) in [6.07, 6.45) is 11.4. The van der Waals surface area contributed by atoms with E-state index in [1.807, 2.05) is 139 Å². The summed E-state index contributed by atoms with van der Waals surface area (Å²) in [5.74, 6) is -0.177. The molecule has 0 saturated carbocycles. The van der Waals surface area contributed by atoms with Gasteiger partial charge in [0.05, 0.1) is 44.9 Å². The molecule has 8 aromatic rings. The summed E-state index contributed by atoms with van der Waals surface area (Å²) in [6, 6.07) is 39.2. The molecule has 0 saturated heterocycles. The highest BCUT2D eigenvalue weighted by Gasteiger charge is 2.14. The van der Waals surface area contributed by atoms with Crippen molar-refractivity contribution in [3.05, 3.63) is 168 Å². The number of fused-ring (bicyclic) bond motifs is 2. The quantitative estimate of drug-likeness (QED) is 0.124. The second kappa shape index (κ2) is 20.6. The Morgan fingerprint density at radius 2 is 1.12 bits per heavy atom. The third-order valence-electron chi connectivity index (χ3n) is 8.79. The summed E-state index contributed by atoms with van der Waals surface area (Å²) in [6.45, 7) is 0. The number of carbonyl (C=O) groups is 2. The van der Waals surface area contributed by atoms with Crippen molar-refractivity contribution in [1.29, 1.82) is 0 Å². The van der Waals surface area contributed by atoms with Crippen molar-refractivity contribution in [3.63, 3.8) is 0 Å². The van der Waals surface area contributed by atoms with Crippen LogP contribution in [0.2, 0.25) is 0 Å². The van der Waals surface area contributed by atoms with Crippen molar-refractivity contribution >= 4 is 81.4 Å². The highest BCUT2D eigenvalue weighted by molar-refractivity contribution is 7.99. The molecule has 3 N–H and O–H groups in total. The maximum Gasteiger partial charge on any atom is 0.252 e. The number of hydrogen-bond donors (Lipinski definition) is 3. The first kappa shape index (κ1) is 43.4. The Labute approximate surface area is 353 Å². The fourth-order valence-electron chi connectivity index (χ4n) is 5.95. The van der Waals surface area contributed by atoms with Crippen molar-refractivity contribution in [1.82, 2.24) is 40.6 Å². The molecule has 12 heteroatoms. The zero-order valence-electron chi connectivity index (χ0n) is 31.4. The third-order valence-corrected chi connectivity index (χ3v) is 10.9. The number of rotatable bonds is 10. The van der Waals surface area contributed by atoms with E-state index in [2.05, 4.69) is 54.1 Å². The van der Waals surface area contributed by atoms with Gasteiger partial charge in [0.15, 0.2) is 0 Å². The molecule has 4 aromatic heterocycles. The minimum atomic E-state index is -0.0901. The van der Waals surface area contributed by atoms with Gasteiger partial charge in [-0.1, -0.05) is 74.8 Å².